The number of ether oxygens (including phenoxy) is 2. The fourth-order valence-electron chi connectivity index (χ4n) is 3.22. The Morgan fingerprint density at radius 3 is 2.62 bits per heavy atom. The Morgan fingerprint density at radius 2 is 1.90 bits per heavy atom. The van der Waals surface area contributed by atoms with Gasteiger partial charge >= 0.3 is 6.18 Å². The zero-order chi connectivity index (χ0) is 15.1. The summed E-state index contributed by atoms with van der Waals surface area (Å²) in [6.45, 7) is 2.59. The van der Waals surface area contributed by atoms with Gasteiger partial charge in [0, 0.05) is 19.3 Å². The summed E-state index contributed by atoms with van der Waals surface area (Å²) in [5.74, 6) is -1.18. The van der Waals surface area contributed by atoms with Gasteiger partial charge in [-0.05, 0) is 38.6 Å². The van der Waals surface area contributed by atoms with E-state index in [1.165, 1.54) is 0 Å². The first-order valence-electron chi connectivity index (χ1n) is 8.07. The van der Waals surface area contributed by atoms with Gasteiger partial charge in [-0.25, -0.2) is 0 Å². The first kappa shape index (κ1) is 17.0. The Hall–Kier alpha value is -0.330. The molecule has 3 unspecified atom stereocenters. The van der Waals surface area contributed by atoms with E-state index in [0.717, 1.165) is 32.3 Å². The summed E-state index contributed by atoms with van der Waals surface area (Å²) in [4.78, 5) is 0. The number of hydrogen-bond acceptors (Lipinski definition) is 3. The lowest BCUT2D eigenvalue weighted by molar-refractivity contribution is -0.188. The maximum atomic E-state index is 12.9. The zero-order valence-electron chi connectivity index (χ0n) is 12.5. The van der Waals surface area contributed by atoms with Crippen molar-refractivity contribution in [3.8, 4) is 0 Å². The molecule has 2 aliphatic rings. The molecule has 0 amide bonds. The molecule has 2 rings (SSSR count). The van der Waals surface area contributed by atoms with Crippen molar-refractivity contribution >= 4 is 0 Å². The first-order chi connectivity index (χ1) is 10.1. The van der Waals surface area contributed by atoms with Gasteiger partial charge in [-0.15, -0.1) is 0 Å². The molecule has 3 nitrogen and oxygen atoms in total. The van der Waals surface area contributed by atoms with Gasteiger partial charge < -0.3 is 14.8 Å². The largest absolute Gasteiger partial charge is 0.393 e. The minimum Gasteiger partial charge on any atom is -0.379 e. The van der Waals surface area contributed by atoms with Gasteiger partial charge in [-0.2, -0.15) is 13.2 Å². The van der Waals surface area contributed by atoms with Crippen LogP contribution in [0.25, 0.3) is 0 Å². The molecule has 1 heterocycles. The molecule has 124 valence electrons. The van der Waals surface area contributed by atoms with Crippen molar-refractivity contribution in [2.45, 2.75) is 63.3 Å². The third-order valence-electron chi connectivity index (χ3n) is 4.39. The van der Waals surface area contributed by atoms with Crippen LogP contribution in [0.5, 0.6) is 0 Å². The Kier molecular flexibility index (Phi) is 6.76. The monoisotopic (exact) mass is 309 g/mol. The van der Waals surface area contributed by atoms with Crippen LogP contribution in [0.2, 0.25) is 0 Å². The van der Waals surface area contributed by atoms with Gasteiger partial charge in [0.1, 0.15) is 0 Å². The Bertz CT molecular complexity index is 293. The third kappa shape index (κ3) is 5.75. The van der Waals surface area contributed by atoms with Crippen LogP contribution < -0.4 is 5.32 Å². The van der Waals surface area contributed by atoms with E-state index in [4.69, 9.17) is 9.47 Å². The molecule has 0 aromatic rings. The van der Waals surface area contributed by atoms with E-state index in [1.807, 2.05) is 0 Å². The summed E-state index contributed by atoms with van der Waals surface area (Å²) in [5, 5.41) is 3.08. The summed E-state index contributed by atoms with van der Waals surface area (Å²) in [5.41, 5.74) is 0. The smallest absolute Gasteiger partial charge is 0.379 e. The lowest BCUT2D eigenvalue weighted by Crippen LogP contribution is -2.45. The molecular weight excluding hydrogens is 283 g/mol. The molecule has 0 radical (unpaired) electrons. The van der Waals surface area contributed by atoms with E-state index in [2.05, 4.69) is 5.32 Å². The van der Waals surface area contributed by atoms with Crippen LogP contribution in [-0.2, 0) is 9.47 Å². The van der Waals surface area contributed by atoms with Gasteiger partial charge in [0.05, 0.1) is 18.6 Å². The van der Waals surface area contributed by atoms with Crippen LogP contribution in [0.1, 0.15) is 44.9 Å². The molecule has 0 bridgehead atoms. The number of hydrogen-bond donors (Lipinski definition) is 1. The summed E-state index contributed by atoms with van der Waals surface area (Å²) >= 11 is 0. The first-order valence-corrected chi connectivity index (χ1v) is 8.07. The summed E-state index contributed by atoms with van der Waals surface area (Å²) < 4.78 is 49.7. The second-order valence-corrected chi connectivity index (χ2v) is 6.06. The number of rotatable bonds is 7. The molecule has 2 fully saturated rings. The second kappa shape index (κ2) is 8.34. The molecule has 1 saturated heterocycles. The lowest BCUT2D eigenvalue weighted by atomic mass is 9.84. The van der Waals surface area contributed by atoms with Gasteiger partial charge in [0.15, 0.2) is 0 Å². The predicted molar refractivity (Wildman–Crippen MR) is 74.2 cm³/mol. The average molecular weight is 309 g/mol. The zero-order valence-corrected chi connectivity index (χ0v) is 12.5. The van der Waals surface area contributed by atoms with Gasteiger partial charge in [0.2, 0.25) is 0 Å². The summed E-state index contributed by atoms with van der Waals surface area (Å²) in [6.07, 6.45) is 1.49. The molecule has 1 aliphatic carbocycles. The fourth-order valence-corrected chi connectivity index (χ4v) is 3.22. The molecule has 6 heteroatoms. The molecule has 1 aliphatic heterocycles. The normalized spacial score (nSPS) is 30.7. The second-order valence-electron chi connectivity index (χ2n) is 6.06. The third-order valence-corrected chi connectivity index (χ3v) is 4.39. The van der Waals surface area contributed by atoms with E-state index >= 15 is 0 Å². The highest BCUT2D eigenvalue weighted by Gasteiger charge is 2.45. The minimum absolute atomic E-state index is 0.214. The molecule has 0 aromatic heterocycles. The van der Waals surface area contributed by atoms with Crippen LogP contribution in [-0.4, -0.2) is 44.7 Å². The fraction of sp³-hybridized carbons (Fsp3) is 1.00. The molecule has 21 heavy (non-hydrogen) atoms. The van der Waals surface area contributed by atoms with Crippen molar-refractivity contribution in [1.82, 2.24) is 5.32 Å². The van der Waals surface area contributed by atoms with E-state index in [-0.39, 0.29) is 12.5 Å². The average Bonchev–Trinajstić information content (AvgIpc) is 2.95. The number of nitrogens with one attached hydrogen (secondary N) is 1. The molecule has 1 N–H and O–H groups in total. The van der Waals surface area contributed by atoms with Crippen molar-refractivity contribution < 1.29 is 22.6 Å². The maximum Gasteiger partial charge on any atom is 0.393 e. The highest BCUT2D eigenvalue weighted by atomic mass is 19.4. The predicted octanol–water partition coefficient (Wildman–Crippen LogP) is 3.28. The van der Waals surface area contributed by atoms with Crippen molar-refractivity contribution in [3.63, 3.8) is 0 Å². The molecule has 0 aromatic carbocycles. The van der Waals surface area contributed by atoms with E-state index < -0.39 is 18.1 Å². The van der Waals surface area contributed by atoms with Crippen molar-refractivity contribution in [2.75, 3.05) is 26.4 Å². The Labute approximate surface area is 124 Å². The van der Waals surface area contributed by atoms with E-state index in [0.29, 0.717) is 32.6 Å². The standard InChI is InChI=1S/C15H26F3NO2/c16-15(17,18)13-6-1-2-7-14(13)19-8-4-9-20-11-12-5-3-10-21-12/h12-14,19H,1-11H2. The van der Waals surface area contributed by atoms with E-state index in [9.17, 15) is 13.2 Å². The number of halogens is 3. The van der Waals surface area contributed by atoms with Gasteiger partial charge in [0.25, 0.3) is 0 Å². The Morgan fingerprint density at radius 1 is 1.10 bits per heavy atom. The van der Waals surface area contributed by atoms with Crippen LogP contribution >= 0.6 is 0 Å². The van der Waals surface area contributed by atoms with E-state index in [1.54, 1.807) is 0 Å². The quantitative estimate of drug-likeness (QED) is 0.732. The van der Waals surface area contributed by atoms with Crippen molar-refractivity contribution in [3.05, 3.63) is 0 Å². The van der Waals surface area contributed by atoms with Crippen molar-refractivity contribution in [2.24, 2.45) is 5.92 Å². The molecule has 0 spiro atoms. The van der Waals surface area contributed by atoms with Crippen molar-refractivity contribution in [1.29, 1.82) is 0 Å². The van der Waals surface area contributed by atoms with Crippen LogP contribution in [0.4, 0.5) is 13.2 Å². The minimum atomic E-state index is -4.08. The highest BCUT2D eigenvalue weighted by Crippen LogP contribution is 2.37. The summed E-state index contributed by atoms with van der Waals surface area (Å²) in [7, 11) is 0. The molecule has 1 saturated carbocycles. The SMILES string of the molecule is FC(F)(F)C1CCCCC1NCCCOCC1CCCO1. The lowest BCUT2D eigenvalue weighted by Gasteiger charge is -2.33. The maximum absolute atomic E-state index is 12.9. The topological polar surface area (TPSA) is 30.5 Å². The highest BCUT2D eigenvalue weighted by molar-refractivity contribution is 4.85. The van der Waals surface area contributed by atoms with Crippen LogP contribution in [0.15, 0.2) is 0 Å². The molecule has 3 atom stereocenters. The van der Waals surface area contributed by atoms with Crippen LogP contribution in [0, 0.1) is 5.92 Å². The van der Waals surface area contributed by atoms with Gasteiger partial charge in [-0.3, -0.25) is 0 Å². The van der Waals surface area contributed by atoms with Crippen LogP contribution in [0.3, 0.4) is 0 Å². The number of alkyl halides is 3. The molecular formula is C15H26F3NO2. The van der Waals surface area contributed by atoms with Gasteiger partial charge in [-0.1, -0.05) is 12.8 Å². The Balaban J connectivity index is 1.56. The summed E-state index contributed by atoms with van der Waals surface area (Å²) in [6, 6.07) is -0.420.